The number of nitrogens with one attached hydrogen (secondary N) is 3. The fourth-order valence-corrected chi connectivity index (χ4v) is 4.67. The molecule has 0 heterocycles. The molecule has 4 aromatic carbocycles. The second kappa shape index (κ2) is 13.8. The van der Waals surface area contributed by atoms with Crippen molar-refractivity contribution >= 4 is 70.1 Å². The summed E-state index contributed by atoms with van der Waals surface area (Å²) in [6.45, 7) is 1.95. The topological polar surface area (TPSA) is 87.3 Å². The molecule has 0 atom stereocenters. The van der Waals surface area contributed by atoms with Gasteiger partial charge in [0.05, 0.1) is 16.5 Å². The predicted molar refractivity (Wildman–Crippen MR) is 164 cm³/mol. The van der Waals surface area contributed by atoms with Crippen LogP contribution in [0.1, 0.15) is 21.5 Å². The van der Waals surface area contributed by atoms with E-state index in [-0.39, 0.29) is 17.4 Å². The lowest BCUT2D eigenvalue weighted by Gasteiger charge is -2.12. The Morgan fingerprint density at radius 3 is 2.30 bits per heavy atom. The Balaban J connectivity index is 1.41. The standard InChI is InChI=1S/C31H25Cl2N3O3S/c1-20-6-5-7-21(16-20)17-28(36-30(38)22-8-3-2-4-9-22)31(39)34-24-11-13-25(14-12-24)40-19-29(37)35-27-18-23(32)10-15-26(27)33/h2-18H,19H2,1H3,(H,34,39)(H,35,37)(H,36,38)/b28-17-. The monoisotopic (exact) mass is 589 g/mol. The first-order valence-electron chi connectivity index (χ1n) is 12.2. The highest BCUT2D eigenvalue weighted by Crippen LogP contribution is 2.26. The van der Waals surface area contributed by atoms with Gasteiger partial charge in [-0.1, -0.05) is 71.2 Å². The van der Waals surface area contributed by atoms with Gasteiger partial charge in [0, 0.05) is 21.2 Å². The minimum absolute atomic E-state index is 0.106. The number of carbonyl (C=O) groups excluding carboxylic acids is 3. The summed E-state index contributed by atoms with van der Waals surface area (Å²) < 4.78 is 0. The molecule has 4 rings (SSSR count). The van der Waals surface area contributed by atoms with Gasteiger partial charge < -0.3 is 16.0 Å². The molecule has 0 spiro atoms. The van der Waals surface area contributed by atoms with Crippen molar-refractivity contribution in [3.63, 3.8) is 0 Å². The van der Waals surface area contributed by atoms with Crippen LogP contribution in [0.15, 0.2) is 108 Å². The first kappa shape index (κ1) is 29.0. The third kappa shape index (κ3) is 8.48. The van der Waals surface area contributed by atoms with E-state index in [0.717, 1.165) is 16.0 Å². The molecule has 0 saturated carbocycles. The third-order valence-corrected chi connectivity index (χ3v) is 7.14. The molecule has 0 aromatic heterocycles. The van der Waals surface area contributed by atoms with Crippen LogP contribution in [0.2, 0.25) is 10.0 Å². The van der Waals surface area contributed by atoms with Crippen LogP contribution < -0.4 is 16.0 Å². The predicted octanol–water partition coefficient (Wildman–Crippen LogP) is 7.44. The SMILES string of the molecule is Cc1cccc(/C=C(\NC(=O)c2ccccc2)C(=O)Nc2ccc(SCC(=O)Nc3cc(Cl)ccc3Cl)cc2)c1. The van der Waals surface area contributed by atoms with Crippen LogP contribution in [0.25, 0.3) is 6.08 Å². The summed E-state index contributed by atoms with van der Waals surface area (Å²) in [4.78, 5) is 39.2. The van der Waals surface area contributed by atoms with E-state index in [9.17, 15) is 14.4 Å². The molecule has 0 fully saturated rings. The van der Waals surface area contributed by atoms with Gasteiger partial charge in [0.15, 0.2) is 0 Å². The Kier molecular flexibility index (Phi) is 10.0. The van der Waals surface area contributed by atoms with Crippen molar-refractivity contribution in [2.75, 3.05) is 16.4 Å². The van der Waals surface area contributed by atoms with Gasteiger partial charge >= 0.3 is 0 Å². The molecule has 0 aliphatic carbocycles. The minimum atomic E-state index is -0.469. The van der Waals surface area contributed by atoms with E-state index in [1.165, 1.54) is 11.8 Å². The molecule has 3 N–H and O–H groups in total. The minimum Gasteiger partial charge on any atom is -0.324 e. The Bertz CT molecular complexity index is 1560. The molecule has 9 heteroatoms. The normalized spacial score (nSPS) is 11.0. The number of amides is 3. The molecule has 0 radical (unpaired) electrons. The molecular weight excluding hydrogens is 565 g/mol. The molecule has 0 aliphatic heterocycles. The summed E-state index contributed by atoms with van der Waals surface area (Å²) >= 11 is 13.4. The highest BCUT2D eigenvalue weighted by Gasteiger charge is 2.15. The first-order chi connectivity index (χ1) is 19.3. The molecule has 4 aromatic rings. The lowest BCUT2D eigenvalue weighted by Crippen LogP contribution is -2.30. The Labute approximate surface area is 246 Å². The quantitative estimate of drug-likeness (QED) is 0.140. The van der Waals surface area contributed by atoms with Gasteiger partial charge in [-0.05, 0) is 73.2 Å². The average molecular weight is 591 g/mol. The Morgan fingerprint density at radius 2 is 1.57 bits per heavy atom. The molecular formula is C31H25Cl2N3O3S. The van der Waals surface area contributed by atoms with Crippen molar-refractivity contribution in [3.8, 4) is 0 Å². The van der Waals surface area contributed by atoms with Crippen molar-refractivity contribution in [1.29, 1.82) is 0 Å². The first-order valence-corrected chi connectivity index (χ1v) is 13.9. The maximum absolute atomic E-state index is 13.2. The smallest absolute Gasteiger partial charge is 0.272 e. The van der Waals surface area contributed by atoms with E-state index in [1.807, 2.05) is 37.3 Å². The van der Waals surface area contributed by atoms with E-state index in [0.29, 0.717) is 27.0 Å². The summed E-state index contributed by atoms with van der Waals surface area (Å²) in [6.07, 6.45) is 1.64. The van der Waals surface area contributed by atoms with E-state index in [4.69, 9.17) is 23.2 Å². The summed E-state index contributed by atoms with van der Waals surface area (Å²) in [5, 5.41) is 9.19. The van der Waals surface area contributed by atoms with Gasteiger partial charge in [-0.25, -0.2) is 0 Å². The highest BCUT2D eigenvalue weighted by molar-refractivity contribution is 8.00. The van der Waals surface area contributed by atoms with Gasteiger partial charge in [-0.2, -0.15) is 0 Å². The Hall–Kier alpha value is -4.04. The van der Waals surface area contributed by atoms with E-state index in [2.05, 4.69) is 16.0 Å². The van der Waals surface area contributed by atoms with Crippen LogP contribution in [0, 0.1) is 6.92 Å². The molecule has 0 unspecified atom stereocenters. The summed E-state index contributed by atoms with van der Waals surface area (Å²) in [5.74, 6) is -0.932. The zero-order valence-corrected chi connectivity index (χ0v) is 23.7. The molecule has 40 heavy (non-hydrogen) atoms. The second-order valence-electron chi connectivity index (χ2n) is 8.73. The van der Waals surface area contributed by atoms with E-state index in [1.54, 1.807) is 72.8 Å². The van der Waals surface area contributed by atoms with E-state index < -0.39 is 11.8 Å². The number of aryl methyl sites for hydroxylation is 1. The highest BCUT2D eigenvalue weighted by atomic mass is 35.5. The molecule has 0 aliphatic rings. The van der Waals surface area contributed by atoms with Crippen molar-refractivity contribution in [2.45, 2.75) is 11.8 Å². The van der Waals surface area contributed by atoms with Crippen molar-refractivity contribution in [2.24, 2.45) is 0 Å². The van der Waals surface area contributed by atoms with Crippen molar-refractivity contribution in [1.82, 2.24) is 5.32 Å². The third-order valence-electron chi connectivity index (χ3n) is 5.57. The zero-order chi connectivity index (χ0) is 28.5. The molecule has 0 saturated heterocycles. The van der Waals surface area contributed by atoms with Gasteiger partial charge in [0.1, 0.15) is 5.70 Å². The van der Waals surface area contributed by atoms with Crippen LogP contribution in [-0.4, -0.2) is 23.5 Å². The van der Waals surface area contributed by atoms with Crippen molar-refractivity contribution < 1.29 is 14.4 Å². The number of hydrogen-bond donors (Lipinski definition) is 3. The summed E-state index contributed by atoms with van der Waals surface area (Å²) in [5.41, 5.74) is 3.34. The molecule has 6 nitrogen and oxygen atoms in total. The fraction of sp³-hybridized carbons (Fsp3) is 0.0645. The van der Waals surface area contributed by atoms with E-state index >= 15 is 0 Å². The number of rotatable bonds is 9. The lowest BCUT2D eigenvalue weighted by atomic mass is 10.1. The van der Waals surface area contributed by atoms with Gasteiger partial charge in [0.2, 0.25) is 5.91 Å². The Morgan fingerprint density at radius 1 is 0.825 bits per heavy atom. The molecule has 0 bridgehead atoms. The number of halogens is 2. The summed E-state index contributed by atoms with van der Waals surface area (Å²) in [7, 11) is 0. The fourth-order valence-electron chi connectivity index (χ4n) is 3.63. The maximum atomic E-state index is 13.2. The van der Waals surface area contributed by atoms with Crippen LogP contribution >= 0.6 is 35.0 Å². The number of thioether (sulfide) groups is 1. The van der Waals surface area contributed by atoms with Gasteiger partial charge in [-0.3, -0.25) is 14.4 Å². The van der Waals surface area contributed by atoms with Crippen molar-refractivity contribution in [3.05, 3.63) is 129 Å². The summed E-state index contributed by atoms with van der Waals surface area (Å²) in [6, 6.07) is 28.2. The number of benzene rings is 4. The van der Waals surface area contributed by atoms with Crippen LogP contribution in [-0.2, 0) is 9.59 Å². The van der Waals surface area contributed by atoms with Crippen LogP contribution in [0.4, 0.5) is 11.4 Å². The van der Waals surface area contributed by atoms with Gasteiger partial charge in [-0.15, -0.1) is 11.8 Å². The van der Waals surface area contributed by atoms with Crippen LogP contribution in [0.3, 0.4) is 0 Å². The van der Waals surface area contributed by atoms with Gasteiger partial charge in [0.25, 0.3) is 11.8 Å². The lowest BCUT2D eigenvalue weighted by molar-refractivity contribution is -0.114. The second-order valence-corrected chi connectivity index (χ2v) is 10.6. The number of hydrogen-bond acceptors (Lipinski definition) is 4. The molecule has 202 valence electrons. The van der Waals surface area contributed by atoms with Crippen LogP contribution in [0.5, 0.6) is 0 Å². The maximum Gasteiger partial charge on any atom is 0.272 e. The number of anilines is 2. The number of carbonyl (C=O) groups is 3. The largest absolute Gasteiger partial charge is 0.324 e. The molecule has 3 amide bonds. The average Bonchev–Trinajstić information content (AvgIpc) is 2.94. The zero-order valence-electron chi connectivity index (χ0n) is 21.4.